The Labute approximate surface area is 198 Å². The van der Waals surface area contributed by atoms with Crippen LogP contribution in [0.25, 0.3) is 0 Å². The number of halogens is 1. The van der Waals surface area contributed by atoms with Crippen LogP contribution >= 0.6 is 11.6 Å². The predicted octanol–water partition coefficient (Wildman–Crippen LogP) is 2.79. The Morgan fingerprint density at radius 1 is 1.09 bits per heavy atom. The van der Waals surface area contributed by atoms with Gasteiger partial charge in [0, 0.05) is 24.1 Å². The number of hydrogen-bond acceptors (Lipinski definition) is 7. The maximum Gasteiger partial charge on any atom is 0.197 e. The molecule has 2 aliphatic rings. The van der Waals surface area contributed by atoms with Crippen LogP contribution in [0.15, 0.2) is 42.5 Å². The maximum atomic E-state index is 10.3. The molecule has 1 aliphatic heterocycles. The van der Waals surface area contributed by atoms with E-state index >= 15 is 0 Å². The summed E-state index contributed by atoms with van der Waals surface area (Å²) < 4.78 is 22.9. The van der Waals surface area contributed by atoms with E-state index in [4.69, 9.17) is 30.5 Å². The van der Waals surface area contributed by atoms with E-state index in [-0.39, 0.29) is 6.42 Å². The van der Waals surface area contributed by atoms with E-state index in [9.17, 15) is 15.3 Å². The van der Waals surface area contributed by atoms with Crippen LogP contribution in [0.3, 0.4) is 0 Å². The number of rotatable bonds is 10. The number of aliphatic hydroxyl groups is 3. The van der Waals surface area contributed by atoms with Crippen molar-refractivity contribution in [1.82, 2.24) is 0 Å². The van der Waals surface area contributed by atoms with E-state index < -0.39 is 30.7 Å². The van der Waals surface area contributed by atoms with Crippen molar-refractivity contribution in [2.24, 2.45) is 0 Å². The van der Waals surface area contributed by atoms with Crippen molar-refractivity contribution >= 4 is 11.6 Å². The average molecular weight is 479 g/mol. The molecular formula is C25H31ClO7. The summed E-state index contributed by atoms with van der Waals surface area (Å²) in [7, 11) is 1.47. The van der Waals surface area contributed by atoms with Crippen LogP contribution in [0.5, 0.6) is 5.75 Å². The van der Waals surface area contributed by atoms with Crippen LogP contribution in [-0.4, -0.2) is 66.7 Å². The standard InChI is InChI=1S/C25H31ClO7/c1-30-25(14-22(28)24(29)23(15-27)33-25)18-4-9-21(26)17(13-18)12-16-2-5-19(6-3-16)31-10-11-32-20-7-8-20/h2-6,9,13,20,22-24,27-29H,7-8,10-12,14-15H2,1H3/t22-,23-,24+,25?/m1/s1. The lowest BCUT2D eigenvalue weighted by molar-refractivity contribution is -0.323. The average Bonchev–Trinajstić information content (AvgIpc) is 3.65. The highest BCUT2D eigenvalue weighted by molar-refractivity contribution is 6.31. The SMILES string of the molecule is COC1(c2ccc(Cl)c(Cc3ccc(OCCOC4CC4)cc3)c2)C[C@@H](O)[C@H](O)[C@@H](CO)O1. The highest BCUT2D eigenvalue weighted by Gasteiger charge is 2.47. The Morgan fingerprint density at radius 2 is 1.85 bits per heavy atom. The van der Waals surface area contributed by atoms with Gasteiger partial charge >= 0.3 is 0 Å². The number of aliphatic hydroxyl groups excluding tert-OH is 3. The second-order valence-electron chi connectivity index (χ2n) is 8.60. The van der Waals surface area contributed by atoms with Gasteiger partial charge in [-0.25, -0.2) is 0 Å². The summed E-state index contributed by atoms with van der Waals surface area (Å²) in [5.41, 5.74) is 2.57. The van der Waals surface area contributed by atoms with Gasteiger partial charge in [-0.15, -0.1) is 0 Å². The molecule has 33 heavy (non-hydrogen) atoms. The topological polar surface area (TPSA) is 97.6 Å². The number of benzene rings is 2. The van der Waals surface area contributed by atoms with Crippen molar-refractivity contribution in [2.45, 2.75) is 55.9 Å². The van der Waals surface area contributed by atoms with Gasteiger partial charge < -0.3 is 34.3 Å². The normalized spacial score (nSPS) is 27.5. The largest absolute Gasteiger partial charge is 0.491 e. The van der Waals surface area contributed by atoms with E-state index in [2.05, 4.69) is 0 Å². The molecule has 2 aromatic rings. The molecule has 1 heterocycles. The Hall–Kier alpha value is -1.71. The summed E-state index contributed by atoms with van der Waals surface area (Å²) in [5, 5.41) is 30.6. The molecule has 3 N–H and O–H groups in total. The summed E-state index contributed by atoms with van der Waals surface area (Å²) in [6.07, 6.45) is 0.0838. The minimum Gasteiger partial charge on any atom is -0.491 e. The van der Waals surface area contributed by atoms with Gasteiger partial charge in [0.05, 0.1) is 25.4 Å². The zero-order valence-electron chi connectivity index (χ0n) is 18.7. The molecule has 0 amide bonds. The van der Waals surface area contributed by atoms with Crippen molar-refractivity contribution in [1.29, 1.82) is 0 Å². The Kier molecular flexibility index (Phi) is 7.91. The smallest absolute Gasteiger partial charge is 0.197 e. The van der Waals surface area contributed by atoms with Crippen LogP contribution in [0.2, 0.25) is 5.02 Å². The van der Waals surface area contributed by atoms with Crippen LogP contribution < -0.4 is 4.74 Å². The van der Waals surface area contributed by atoms with Gasteiger partial charge in [-0.05, 0) is 54.7 Å². The third-order valence-corrected chi connectivity index (χ3v) is 6.51. The van der Waals surface area contributed by atoms with Crippen molar-refractivity contribution in [3.05, 3.63) is 64.2 Å². The number of ether oxygens (including phenoxy) is 4. The molecule has 4 rings (SSSR count). The van der Waals surface area contributed by atoms with Crippen LogP contribution in [-0.2, 0) is 26.4 Å². The molecular weight excluding hydrogens is 448 g/mol. The molecule has 0 aromatic heterocycles. The van der Waals surface area contributed by atoms with Gasteiger partial charge in [-0.1, -0.05) is 29.8 Å². The molecule has 1 unspecified atom stereocenters. The molecule has 0 bridgehead atoms. The van der Waals surface area contributed by atoms with E-state index in [1.807, 2.05) is 30.3 Å². The zero-order chi connectivity index (χ0) is 23.4. The Balaban J connectivity index is 1.45. The van der Waals surface area contributed by atoms with E-state index in [0.29, 0.717) is 36.3 Å². The predicted molar refractivity (Wildman–Crippen MR) is 122 cm³/mol. The van der Waals surface area contributed by atoms with Crippen LogP contribution in [0.1, 0.15) is 36.0 Å². The Bertz CT molecular complexity index is 917. The van der Waals surface area contributed by atoms with E-state index in [1.54, 1.807) is 12.1 Å². The first-order chi connectivity index (χ1) is 15.9. The highest BCUT2D eigenvalue weighted by atomic mass is 35.5. The first-order valence-electron chi connectivity index (χ1n) is 11.3. The third-order valence-electron chi connectivity index (χ3n) is 6.14. The molecule has 1 saturated carbocycles. The zero-order valence-corrected chi connectivity index (χ0v) is 19.4. The molecule has 180 valence electrons. The third kappa shape index (κ3) is 5.87. The molecule has 1 aliphatic carbocycles. The summed E-state index contributed by atoms with van der Waals surface area (Å²) >= 11 is 6.48. The Morgan fingerprint density at radius 3 is 2.52 bits per heavy atom. The first-order valence-corrected chi connectivity index (χ1v) is 11.6. The summed E-state index contributed by atoms with van der Waals surface area (Å²) in [6, 6.07) is 13.2. The monoisotopic (exact) mass is 478 g/mol. The van der Waals surface area contributed by atoms with Gasteiger partial charge in [0.25, 0.3) is 0 Å². The summed E-state index contributed by atoms with van der Waals surface area (Å²) in [6.45, 7) is 0.685. The molecule has 0 spiro atoms. The summed E-state index contributed by atoms with van der Waals surface area (Å²) in [5.74, 6) is -0.513. The van der Waals surface area contributed by atoms with Crippen molar-refractivity contribution in [3.8, 4) is 5.75 Å². The summed E-state index contributed by atoms with van der Waals surface area (Å²) in [4.78, 5) is 0. The fourth-order valence-corrected chi connectivity index (χ4v) is 4.25. The molecule has 7 nitrogen and oxygen atoms in total. The van der Waals surface area contributed by atoms with Crippen molar-refractivity contribution in [2.75, 3.05) is 26.9 Å². The van der Waals surface area contributed by atoms with Gasteiger partial charge in [0.15, 0.2) is 5.79 Å². The second kappa shape index (κ2) is 10.7. The molecule has 0 radical (unpaired) electrons. The van der Waals surface area contributed by atoms with Crippen molar-refractivity contribution in [3.63, 3.8) is 0 Å². The molecule has 1 saturated heterocycles. The number of methoxy groups -OCH3 is 1. The maximum absolute atomic E-state index is 10.3. The van der Waals surface area contributed by atoms with Gasteiger partial charge in [0.1, 0.15) is 24.6 Å². The fraction of sp³-hybridized carbons (Fsp3) is 0.520. The van der Waals surface area contributed by atoms with Gasteiger partial charge in [-0.2, -0.15) is 0 Å². The van der Waals surface area contributed by atoms with Crippen molar-refractivity contribution < 1.29 is 34.3 Å². The molecule has 2 fully saturated rings. The quantitative estimate of drug-likeness (QED) is 0.452. The molecule has 4 atom stereocenters. The lowest BCUT2D eigenvalue weighted by Crippen LogP contribution is -2.55. The number of hydrogen-bond donors (Lipinski definition) is 3. The first kappa shape index (κ1) is 24.4. The fourth-order valence-electron chi connectivity index (χ4n) is 4.07. The van der Waals surface area contributed by atoms with Gasteiger partial charge in [0.2, 0.25) is 0 Å². The second-order valence-corrected chi connectivity index (χ2v) is 9.01. The van der Waals surface area contributed by atoms with E-state index in [0.717, 1.165) is 29.7 Å². The van der Waals surface area contributed by atoms with Crippen LogP contribution in [0, 0.1) is 0 Å². The van der Waals surface area contributed by atoms with Gasteiger partial charge in [-0.3, -0.25) is 0 Å². The highest BCUT2D eigenvalue weighted by Crippen LogP contribution is 2.40. The lowest BCUT2D eigenvalue weighted by atomic mass is 9.89. The van der Waals surface area contributed by atoms with Crippen LogP contribution in [0.4, 0.5) is 0 Å². The lowest BCUT2D eigenvalue weighted by Gasteiger charge is -2.44. The minimum atomic E-state index is -1.30. The minimum absolute atomic E-state index is 0.0265. The molecule has 8 heteroatoms. The van der Waals surface area contributed by atoms with E-state index in [1.165, 1.54) is 7.11 Å². The molecule has 2 aromatic carbocycles.